The fourth-order valence-corrected chi connectivity index (χ4v) is 4.82. The Morgan fingerprint density at radius 1 is 1.11 bits per heavy atom. The van der Waals surface area contributed by atoms with E-state index in [2.05, 4.69) is 15.2 Å². The maximum Gasteiger partial charge on any atom is 0.328 e. The van der Waals surface area contributed by atoms with Gasteiger partial charge in [-0.25, -0.2) is 14.2 Å². The predicted molar refractivity (Wildman–Crippen MR) is 127 cm³/mol. The average Bonchev–Trinajstić information content (AvgIpc) is 3.36. The maximum absolute atomic E-state index is 14.8. The zero-order chi connectivity index (χ0) is 24.4. The zero-order valence-corrected chi connectivity index (χ0v) is 19.4. The van der Waals surface area contributed by atoms with Gasteiger partial charge in [-0.3, -0.25) is 15.0 Å². The molecule has 2 aliphatic heterocycles. The fraction of sp³-hybridized carbons (Fsp3) is 0.292. The molecule has 2 aromatic carbocycles. The van der Waals surface area contributed by atoms with E-state index in [-0.39, 0.29) is 31.2 Å². The first-order valence-corrected chi connectivity index (χ1v) is 12.0. The average molecular weight is 501 g/mol. The lowest BCUT2D eigenvalue weighted by Crippen LogP contribution is -2.49. The van der Waals surface area contributed by atoms with Crippen molar-refractivity contribution in [2.45, 2.75) is 13.0 Å². The number of nitrogens with one attached hydrogen (secondary N) is 1. The summed E-state index contributed by atoms with van der Waals surface area (Å²) >= 11 is 1.42. The summed E-state index contributed by atoms with van der Waals surface area (Å²) in [4.78, 5) is 31.7. The van der Waals surface area contributed by atoms with Crippen molar-refractivity contribution < 1.29 is 27.8 Å². The highest BCUT2D eigenvalue weighted by Gasteiger charge is 2.25. The van der Waals surface area contributed by atoms with Crippen LogP contribution in [0.3, 0.4) is 0 Å². The minimum Gasteiger partial charge on any atom is -0.485 e. The van der Waals surface area contributed by atoms with Crippen molar-refractivity contribution in [1.29, 1.82) is 0 Å². The van der Waals surface area contributed by atoms with Crippen LogP contribution in [0.25, 0.3) is 11.3 Å². The van der Waals surface area contributed by atoms with Gasteiger partial charge in [-0.15, -0.1) is 11.3 Å². The van der Waals surface area contributed by atoms with Crippen LogP contribution >= 0.6 is 11.3 Å². The van der Waals surface area contributed by atoms with Crippen molar-refractivity contribution in [2.75, 3.05) is 42.6 Å². The van der Waals surface area contributed by atoms with Crippen LogP contribution in [0.4, 0.5) is 24.4 Å². The summed E-state index contributed by atoms with van der Waals surface area (Å²) < 4.78 is 40.1. The predicted octanol–water partition coefficient (Wildman–Crippen LogP) is 3.95. The van der Waals surface area contributed by atoms with Gasteiger partial charge in [-0.1, -0.05) is 12.1 Å². The Labute approximate surface area is 204 Å². The number of carbonyl (C=O) groups is 2. The van der Waals surface area contributed by atoms with Gasteiger partial charge in [0.05, 0.1) is 18.9 Å². The van der Waals surface area contributed by atoms with Crippen LogP contribution in [0.15, 0.2) is 41.8 Å². The molecule has 5 rings (SSSR count). The molecule has 0 atom stereocenters. The first-order valence-electron chi connectivity index (χ1n) is 11.1. The van der Waals surface area contributed by atoms with Crippen molar-refractivity contribution in [3.8, 4) is 17.0 Å². The van der Waals surface area contributed by atoms with E-state index in [1.54, 1.807) is 29.6 Å². The molecule has 182 valence electrons. The number of urea groups is 1. The molecule has 11 heteroatoms. The Bertz CT molecular complexity index is 1260. The lowest BCUT2D eigenvalue weighted by molar-refractivity contribution is -0.120. The molecule has 1 N–H and O–H groups in total. The second kappa shape index (κ2) is 9.96. The van der Waals surface area contributed by atoms with Gasteiger partial charge in [0, 0.05) is 42.7 Å². The van der Waals surface area contributed by atoms with Crippen molar-refractivity contribution in [1.82, 2.24) is 10.3 Å². The summed E-state index contributed by atoms with van der Waals surface area (Å²) in [5, 5.41) is 4.85. The third-order valence-corrected chi connectivity index (χ3v) is 6.66. The van der Waals surface area contributed by atoms with Crippen molar-refractivity contribution >= 4 is 34.1 Å². The Hall–Kier alpha value is -3.57. The molecule has 0 saturated carbocycles. The number of amides is 3. The number of halogens is 2. The van der Waals surface area contributed by atoms with Gasteiger partial charge in [0.2, 0.25) is 11.7 Å². The molecule has 0 aliphatic carbocycles. The highest BCUT2D eigenvalue weighted by atomic mass is 32.1. The minimum atomic E-state index is -1.09. The number of carbonyl (C=O) groups excluding carboxylic acids is 2. The summed E-state index contributed by atoms with van der Waals surface area (Å²) in [6, 6.07) is 8.95. The topological polar surface area (TPSA) is 84.0 Å². The standard InChI is InChI=1S/C24H22F2N4O4S/c25-18-5-4-17(19-14-35-24(27-19)29-8-10-33-11-9-29)22(21(18)26)34-13-15-2-1-3-16(12-15)30-7-6-20(31)28-23(30)32/h1-5,12,14H,6-11,13H2,(H,28,31,32). The Morgan fingerprint density at radius 2 is 1.94 bits per heavy atom. The molecular formula is C24H22F2N4O4S. The zero-order valence-electron chi connectivity index (χ0n) is 18.6. The van der Waals surface area contributed by atoms with Gasteiger partial charge in [0.1, 0.15) is 6.61 Å². The van der Waals surface area contributed by atoms with Gasteiger partial charge in [-0.05, 0) is 29.8 Å². The van der Waals surface area contributed by atoms with Crippen LogP contribution in [0, 0.1) is 11.6 Å². The molecular weight excluding hydrogens is 478 g/mol. The van der Waals surface area contributed by atoms with Crippen LogP contribution in [-0.4, -0.2) is 49.8 Å². The molecule has 0 spiro atoms. The first kappa shape index (κ1) is 23.2. The second-order valence-corrected chi connectivity index (χ2v) is 8.90. The highest BCUT2D eigenvalue weighted by Crippen LogP contribution is 2.37. The minimum absolute atomic E-state index is 0.0595. The number of nitrogens with zero attached hydrogens (tertiary/aromatic N) is 3. The summed E-state index contributed by atoms with van der Waals surface area (Å²) in [6.07, 6.45) is 0.199. The number of anilines is 2. The Kier molecular flexibility index (Phi) is 6.60. The van der Waals surface area contributed by atoms with E-state index in [1.165, 1.54) is 22.3 Å². The Morgan fingerprint density at radius 3 is 2.74 bits per heavy atom. The number of imide groups is 1. The van der Waals surface area contributed by atoms with Gasteiger partial charge < -0.3 is 14.4 Å². The van der Waals surface area contributed by atoms with Crippen LogP contribution in [0.1, 0.15) is 12.0 Å². The molecule has 35 heavy (non-hydrogen) atoms. The molecule has 2 aliphatic rings. The monoisotopic (exact) mass is 500 g/mol. The van der Waals surface area contributed by atoms with Crippen LogP contribution in [0.2, 0.25) is 0 Å². The highest BCUT2D eigenvalue weighted by molar-refractivity contribution is 7.14. The molecule has 0 radical (unpaired) electrons. The van der Waals surface area contributed by atoms with E-state index in [9.17, 15) is 18.4 Å². The lowest BCUT2D eigenvalue weighted by Gasteiger charge is -2.26. The van der Waals surface area contributed by atoms with E-state index in [0.29, 0.717) is 48.8 Å². The Balaban J connectivity index is 1.37. The number of hydrogen-bond acceptors (Lipinski definition) is 7. The summed E-state index contributed by atoms with van der Waals surface area (Å²) in [5.41, 5.74) is 2.07. The van der Waals surface area contributed by atoms with Gasteiger partial charge in [0.25, 0.3) is 0 Å². The van der Waals surface area contributed by atoms with E-state index in [1.807, 2.05) is 0 Å². The third kappa shape index (κ3) is 4.96. The third-order valence-electron chi connectivity index (χ3n) is 5.76. The summed E-state index contributed by atoms with van der Waals surface area (Å²) in [7, 11) is 0. The molecule has 8 nitrogen and oxygen atoms in total. The molecule has 2 saturated heterocycles. The maximum atomic E-state index is 14.8. The number of thiazole rings is 1. The first-order chi connectivity index (χ1) is 17.0. The van der Waals surface area contributed by atoms with E-state index in [4.69, 9.17) is 9.47 Å². The molecule has 3 amide bonds. The lowest BCUT2D eigenvalue weighted by atomic mass is 10.1. The van der Waals surface area contributed by atoms with Crippen LogP contribution in [0.5, 0.6) is 5.75 Å². The molecule has 3 heterocycles. The van der Waals surface area contributed by atoms with Gasteiger partial charge in [-0.2, -0.15) is 4.39 Å². The van der Waals surface area contributed by atoms with Crippen molar-refractivity contribution in [3.63, 3.8) is 0 Å². The van der Waals surface area contributed by atoms with E-state index >= 15 is 0 Å². The summed E-state index contributed by atoms with van der Waals surface area (Å²) in [6.45, 7) is 2.86. The smallest absolute Gasteiger partial charge is 0.328 e. The van der Waals surface area contributed by atoms with E-state index < -0.39 is 17.7 Å². The SMILES string of the molecule is O=C1CCN(c2cccc(COc3c(-c4csc(N5CCOCC5)n4)ccc(F)c3F)c2)C(=O)N1. The molecule has 1 aromatic heterocycles. The number of ether oxygens (including phenoxy) is 2. The molecule has 2 fully saturated rings. The largest absolute Gasteiger partial charge is 0.485 e. The number of morpholine rings is 1. The van der Waals surface area contributed by atoms with E-state index in [0.717, 1.165) is 11.2 Å². The molecule has 3 aromatic rings. The van der Waals surface area contributed by atoms with Crippen molar-refractivity contribution in [3.05, 3.63) is 59.0 Å². The molecule has 0 unspecified atom stereocenters. The quantitative estimate of drug-likeness (QED) is 0.552. The fourth-order valence-electron chi connectivity index (χ4n) is 3.94. The van der Waals surface area contributed by atoms with Crippen molar-refractivity contribution in [2.24, 2.45) is 0 Å². The normalized spacial score (nSPS) is 16.4. The van der Waals surface area contributed by atoms with Crippen LogP contribution in [-0.2, 0) is 16.1 Å². The van der Waals surface area contributed by atoms with Crippen LogP contribution < -0.4 is 19.9 Å². The van der Waals surface area contributed by atoms with Gasteiger partial charge in [0.15, 0.2) is 16.7 Å². The number of hydrogen-bond donors (Lipinski definition) is 1. The van der Waals surface area contributed by atoms with Gasteiger partial charge >= 0.3 is 6.03 Å². The number of rotatable bonds is 6. The second-order valence-electron chi connectivity index (χ2n) is 8.07. The molecule has 0 bridgehead atoms. The number of benzene rings is 2. The summed E-state index contributed by atoms with van der Waals surface area (Å²) in [5.74, 6) is -2.65. The number of aromatic nitrogens is 1.